The second-order valence-electron chi connectivity index (χ2n) is 2.17. The van der Waals surface area contributed by atoms with Crippen LogP contribution in [0.3, 0.4) is 0 Å². The van der Waals surface area contributed by atoms with Gasteiger partial charge in [-0.2, -0.15) is 0 Å². The third-order valence-electron chi connectivity index (χ3n) is 1.44. The van der Waals surface area contributed by atoms with E-state index < -0.39 is 0 Å². The molecule has 1 unspecified atom stereocenters. The second kappa shape index (κ2) is 9.07. The maximum atomic E-state index is 5.26. The first kappa shape index (κ1) is 14.5. The van der Waals surface area contributed by atoms with E-state index in [4.69, 9.17) is 9.47 Å². The predicted octanol–water partition coefficient (Wildman–Crippen LogP) is -2.01. The Morgan fingerprint density at radius 2 is 2.18 bits per heavy atom. The van der Waals surface area contributed by atoms with Crippen LogP contribution >= 0.6 is 0 Å². The molecular formula is C7H13ClMgO2. The zero-order valence-electron chi connectivity index (χ0n) is 6.72. The van der Waals surface area contributed by atoms with Crippen LogP contribution < -0.4 is 12.4 Å². The Morgan fingerprint density at radius 3 is 2.64 bits per heavy atom. The van der Waals surface area contributed by atoms with E-state index in [2.05, 4.69) is 6.92 Å². The SMILES string of the molecule is [CH2-]COC1CCCCO1.[Cl-].[Mg+2]. The predicted molar refractivity (Wildman–Crippen MR) is 40.7 cm³/mol. The van der Waals surface area contributed by atoms with Crippen molar-refractivity contribution < 1.29 is 21.9 Å². The molecule has 0 aromatic rings. The average molecular weight is 189 g/mol. The molecule has 2 nitrogen and oxygen atoms in total. The van der Waals surface area contributed by atoms with Crippen LogP contribution in [-0.2, 0) is 9.47 Å². The van der Waals surface area contributed by atoms with Gasteiger partial charge in [-0.1, -0.05) is 6.61 Å². The van der Waals surface area contributed by atoms with Gasteiger partial charge in [0.15, 0.2) is 6.29 Å². The minimum atomic E-state index is 0. The first-order chi connectivity index (χ1) is 4.43. The van der Waals surface area contributed by atoms with E-state index >= 15 is 0 Å². The van der Waals surface area contributed by atoms with E-state index in [-0.39, 0.29) is 41.7 Å². The van der Waals surface area contributed by atoms with Gasteiger partial charge in [0, 0.05) is 6.61 Å². The van der Waals surface area contributed by atoms with Gasteiger partial charge in [0.2, 0.25) is 0 Å². The third kappa shape index (κ3) is 6.17. The van der Waals surface area contributed by atoms with Crippen LogP contribution in [0.1, 0.15) is 19.3 Å². The number of rotatable bonds is 2. The van der Waals surface area contributed by atoms with Crippen LogP contribution in [-0.4, -0.2) is 42.6 Å². The Hall–Kier alpha value is 0.976. The van der Waals surface area contributed by atoms with Gasteiger partial charge >= 0.3 is 23.1 Å². The first-order valence-corrected chi connectivity index (χ1v) is 3.46. The van der Waals surface area contributed by atoms with Crippen molar-refractivity contribution in [2.45, 2.75) is 25.6 Å². The topological polar surface area (TPSA) is 18.5 Å². The molecule has 0 N–H and O–H groups in total. The number of ether oxygens (including phenoxy) is 2. The molecule has 11 heavy (non-hydrogen) atoms. The van der Waals surface area contributed by atoms with Crippen molar-refractivity contribution in [1.29, 1.82) is 0 Å². The van der Waals surface area contributed by atoms with E-state index in [1.54, 1.807) is 0 Å². The molecule has 1 rings (SSSR count). The molecule has 1 heterocycles. The number of hydrogen-bond acceptors (Lipinski definition) is 2. The Kier molecular flexibility index (Phi) is 12.0. The van der Waals surface area contributed by atoms with Gasteiger partial charge in [-0.25, -0.2) is 0 Å². The van der Waals surface area contributed by atoms with Crippen molar-refractivity contribution in [2.75, 3.05) is 13.2 Å². The van der Waals surface area contributed by atoms with Gasteiger partial charge in [-0.3, -0.25) is 0 Å². The van der Waals surface area contributed by atoms with Crippen molar-refractivity contribution in [3.63, 3.8) is 0 Å². The molecule has 4 heteroatoms. The Bertz CT molecular complexity index is 74.1. The maximum absolute atomic E-state index is 5.26. The zero-order chi connectivity index (χ0) is 6.53. The van der Waals surface area contributed by atoms with E-state index in [1.807, 2.05) is 0 Å². The summed E-state index contributed by atoms with van der Waals surface area (Å²) in [7, 11) is 0. The summed E-state index contributed by atoms with van der Waals surface area (Å²) in [5.74, 6) is 0. The van der Waals surface area contributed by atoms with Crippen LogP contribution in [0.2, 0.25) is 0 Å². The van der Waals surface area contributed by atoms with Crippen molar-refractivity contribution in [2.24, 2.45) is 0 Å². The molecule has 1 aliphatic heterocycles. The summed E-state index contributed by atoms with van der Waals surface area (Å²) >= 11 is 0. The number of halogens is 1. The largest absolute Gasteiger partial charge is 2.00 e. The second-order valence-corrected chi connectivity index (χ2v) is 2.17. The summed E-state index contributed by atoms with van der Waals surface area (Å²) in [6.45, 7) is 4.95. The minimum Gasteiger partial charge on any atom is -1.00 e. The smallest absolute Gasteiger partial charge is 1.00 e. The van der Waals surface area contributed by atoms with Crippen LogP contribution in [0.4, 0.5) is 0 Å². The molecule has 1 atom stereocenters. The normalized spacial score (nSPS) is 23.2. The molecule has 0 aromatic heterocycles. The quantitative estimate of drug-likeness (QED) is 0.369. The van der Waals surface area contributed by atoms with E-state index in [9.17, 15) is 0 Å². The molecule has 0 aliphatic carbocycles. The number of hydrogen-bond donors (Lipinski definition) is 0. The third-order valence-corrected chi connectivity index (χ3v) is 1.44. The molecule has 0 bridgehead atoms. The molecule has 0 aromatic carbocycles. The van der Waals surface area contributed by atoms with E-state index in [1.165, 1.54) is 12.8 Å². The fraction of sp³-hybridized carbons (Fsp3) is 0.857. The van der Waals surface area contributed by atoms with E-state index in [0.717, 1.165) is 13.0 Å². The molecule has 0 saturated carbocycles. The molecule has 1 aliphatic rings. The van der Waals surface area contributed by atoms with Crippen LogP contribution in [0, 0.1) is 6.92 Å². The Morgan fingerprint density at radius 1 is 1.45 bits per heavy atom. The van der Waals surface area contributed by atoms with Gasteiger partial charge in [0.25, 0.3) is 0 Å². The first-order valence-electron chi connectivity index (χ1n) is 3.46. The summed E-state index contributed by atoms with van der Waals surface area (Å²) in [5.41, 5.74) is 0. The monoisotopic (exact) mass is 188 g/mol. The van der Waals surface area contributed by atoms with Crippen molar-refractivity contribution >= 4 is 23.1 Å². The average Bonchev–Trinajstić information content (AvgIpc) is 1.91. The van der Waals surface area contributed by atoms with Gasteiger partial charge in [-0.05, 0) is 19.3 Å². The molecule has 0 amide bonds. The van der Waals surface area contributed by atoms with Gasteiger partial charge in [0.1, 0.15) is 0 Å². The van der Waals surface area contributed by atoms with Gasteiger partial charge < -0.3 is 28.8 Å². The van der Waals surface area contributed by atoms with Crippen molar-refractivity contribution in [3.8, 4) is 0 Å². The fourth-order valence-corrected chi connectivity index (χ4v) is 0.974. The zero-order valence-corrected chi connectivity index (χ0v) is 8.89. The van der Waals surface area contributed by atoms with Gasteiger partial charge in [0.05, 0.1) is 0 Å². The molecular weight excluding hydrogens is 176 g/mol. The summed E-state index contributed by atoms with van der Waals surface area (Å²) in [6.07, 6.45) is 3.48. The Labute approximate surface area is 90.6 Å². The molecule has 1 fully saturated rings. The minimum absolute atomic E-state index is 0. The standard InChI is InChI=1S/C7H13O2.ClH.Mg/c1-2-8-7-5-3-4-6-9-7;;/h7H,1-6H2;1H;/q-1;;+2/p-1. The van der Waals surface area contributed by atoms with Crippen LogP contribution in [0.25, 0.3) is 0 Å². The molecule has 0 spiro atoms. The summed E-state index contributed by atoms with van der Waals surface area (Å²) in [6, 6.07) is 0. The summed E-state index contributed by atoms with van der Waals surface area (Å²) in [5, 5.41) is 0. The molecule has 0 radical (unpaired) electrons. The fourth-order valence-electron chi connectivity index (χ4n) is 0.974. The van der Waals surface area contributed by atoms with Crippen LogP contribution in [0.15, 0.2) is 0 Å². The van der Waals surface area contributed by atoms with Crippen molar-refractivity contribution in [3.05, 3.63) is 6.92 Å². The molecule has 1 saturated heterocycles. The maximum Gasteiger partial charge on any atom is 2.00 e. The van der Waals surface area contributed by atoms with Crippen LogP contribution in [0.5, 0.6) is 0 Å². The van der Waals surface area contributed by atoms with Gasteiger partial charge in [-0.15, -0.1) is 0 Å². The van der Waals surface area contributed by atoms with Crippen molar-refractivity contribution in [1.82, 2.24) is 0 Å². The van der Waals surface area contributed by atoms with E-state index in [0.29, 0.717) is 6.61 Å². The molecule has 62 valence electrons. The summed E-state index contributed by atoms with van der Waals surface area (Å²) in [4.78, 5) is 0. The Balaban J connectivity index is 0. The summed E-state index contributed by atoms with van der Waals surface area (Å²) < 4.78 is 10.4.